The summed E-state index contributed by atoms with van der Waals surface area (Å²) < 4.78 is 29.8. The van der Waals surface area contributed by atoms with E-state index in [0.717, 1.165) is 5.56 Å². The summed E-state index contributed by atoms with van der Waals surface area (Å²) in [6, 6.07) is 14.1. The van der Waals surface area contributed by atoms with Gasteiger partial charge in [-0.1, -0.05) is 24.3 Å². The normalized spacial score (nSPS) is 15.2. The molecule has 1 aliphatic heterocycles. The van der Waals surface area contributed by atoms with Crippen LogP contribution in [-0.2, 0) is 21.3 Å². The number of piperazine rings is 1. The molecule has 0 bridgehead atoms. The molecular weight excluding hydrogens is 444 g/mol. The van der Waals surface area contributed by atoms with E-state index in [9.17, 15) is 18.0 Å². The first-order chi connectivity index (χ1) is 15.8. The number of methoxy groups -OCH3 is 1. The molecule has 3 rings (SSSR count). The highest BCUT2D eigenvalue weighted by Crippen LogP contribution is 2.18. The molecule has 2 aromatic rings. The lowest BCUT2D eigenvalue weighted by Crippen LogP contribution is -2.47. The number of sulfonamides is 1. The quantitative estimate of drug-likeness (QED) is 0.532. The number of para-hydroxylation sites is 1. The zero-order valence-electron chi connectivity index (χ0n) is 18.9. The molecule has 0 aliphatic carbocycles. The van der Waals surface area contributed by atoms with Crippen LogP contribution in [-0.4, -0.2) is 82.1 Å². The lowest BCUT2D eigenvalue weighted by Gasteiger charge is -2.33. The first-order valence-electron chi connectivity index (χ1n) is 10.7. The second-order valence-electron chi connectivity index (χ2n) is 7.89. The van der Waals surface area contributed by atoms with E-state index >= 15 is 0 Å². The molecule has 2 N–H and O–H groups in total. The van der Waals surface area contributed by atoms with Crippen molar-refractivity contribution in [3.05, 3.63) is 65.2 Å². The lowest BCUT2D eigenvalue weighted by atomic mass is 10.1. The largest absolute Gasteiger partial charge is 0.383 e. The second kappa shape index (κ2) is 11.4. The maximum atomic E-state index is 12.9. The van der Waals surface area contributed by atoms with Crippen LogP contribution in [0.4, 0.5) is 5.69 Å². The Morgan fingerprint density at radius 3 is 2.42 bits per heavy atom. The number of hydrogen-bond donors (Lipinski definition) is 2. The van der Waals surface area contributed by atoms with E-state index in [1.54, 1.807) is 37.4 Å². The number of nitrogens with zero attached hydrogens (tertiary/aromatic N) is 2. The van der Waals surface area contributed by atoms with Crippen LogP contribution >= 0.6 is 0 Å². The van der Waals surface area contributed by atoms with E-state index in [1.807, 2.05) is 18.2 Å². The third-order valence-electron chi connectivity index (χ3n) is 5.41. The monoisotopic (exact) mass is 474 g/mol. The molecule has 0 saturated carbocycles. The summed E-state index contributed by atoms with van der Waals surface area (Å²) in [5.41, 5.74) is 2.25. The summed E-state index contributed by atoms with van der Waals surface area (Å²) in [7, 11) is -1.61. The van der Waals surface area contributed by atoms with Gasteiger partial charge in [0.1, 0.15) is 0 Å². The first kappa shape index (κ1) is 24.8. The van der Waals surface area contributed by atoms with Crippen molar-refractivity contribution in [2.45, 2.75) is 6.54 Å². The summed E-state index contributed by atoms with van der Waals surface area (Å²) in [5.74, 6) is -0.596. The molecule has 33 heavy (non-hydrogen) atoms. The maximum Gasteiger partial charge on any atom is 0.255 e. The van der Waals surface area contributed by atoms with Crippen molar-refractivity contribution >= 4 is 27.5 Å². The Morgan fingerprint density at radius 2 is 1.73 bits per heavy atom. The Kier molecular flexibility index (Phi) is 8.56. The van der Waals surface area contributed by atoms with Crippen molar-refractivity contribution in [1.29, 1.82) is 0 Å². The fraction of sp³-hybridized carbons (Fsp3) is 0.391. The molecule has 0 aromatic heterocycles. The molecule has 0 atom stereocenters. The van der Waals surface area contributed by atoms with Crippen LogP contribution in [0.15, 0.2) is 48.5 Å². The fourth-order valence-electron chi connectivity index (χ4n) is 3.63. The molecule has 1 aliphatic rings. The zero-order valence-corrected chi connectivity index (χ0v) is 19.7. The topological polar surface area (TPSA) is 108 Å². The average molecular weight is 475 g/mol. The van der Waals surface area contributed by atoms with E-state index in [1.165, 1.54) is 10.6 Å². The van der Waals surface area contributed by atoms with E-state index in [4.69, 9.17) is 4.74 Å². The Labute approximate surface area is 194 Å². The zero-order chi connectivity index (χ0) is 23.8. The Balaban J connectivity index is 1.63. The number of carbonyl (C=O) groups is 2. The summed E-state index contributed by atoms with van der Waals surface area (Å²) in [6.45, 7) is 3.58. The number of anilines is 1. The molecule has 2 amide bonds. The van der Waals surface area contributed by atoms with Gasteiger partial charge in [0.2, 0.25) is 10.0 Å². The van der Waals surface area contributed by atoms with Gasteiger partial charge in [-0.15, -0.1) is 0 Å². The molecule has 10 heteroatoms. The van der Waals surface area contributed by atoms with Crippen molar-refractivity contribution < 1.29 is 22.7 Å². The van der Waals surface area contributed by atoms with Gasteiger partial charge in [-0.05, 0) is 29.8 Å². The molecule has 1 saturated heterocycles. The summed E-state index contributed by atoms with van der Waals surface area (Å²) in [4.78, 5) is 27.5. The van der Waals surface area contributed by atoms with Crippen LogP contribution in [0, 0.1) is 0 Å². The highest BCUT2D eigenvalue weighted by atomic mass is 32.2. The molecule has 178 valence electrons. The summed E-state index contributed by atoms with van der Waals surface area (Å²) >= 11 is 0. The molecule has 0 spiro atoms. The molecule has 2 aromatic carbocycles. The number of rotatable bonds is 9. The number of benzene rings is 2. The first-order valence-corrected chi connectivity index (χ1v) is 12.6. The lowest BCUT2D eigenvalue weighted by molar-refractivity contribution is 0.0938. The number of nitrogens with one attached hydrogen (secondary N) is 2. The van der Waals surface area contributed by atoms with Gasteiger partial charge in [-0.25, -0.2) is 8.42 Å². The average Bonchev–Trinajstić information content (AvgIpc) is 2.79. The highest BCUT2D eigenvalue weighted by molar-refractivity contribution is 7.88. The molecule has 1 fully saturated rings. The van der Waals surface area contributed by atoms with Crippen molar-refractivity contribution in [2.24, 2.45) is 0 Å². The minimum absolute atomic E-state index is 0.287. The van der Waals surface area contributed by atoms with Gasteiger partial charge < -0.3 is 15.4 Å². The van der Waals surface area contributed by atoms with Gasteiger partial charge >= 0.3 is 0 Å². The van der Waals surface area contributed by atoms with Gasteiger partial charge in [0, 0.05) is 51.9 Å². The van der Waals surface area contributed by atoms with Gasteiger partial charge in [0.15, 0.2) is 0 Å². The van der Waals surface area contributed by atoms with E-state index < -0.39 is 10.0 Å². The van der Waals surface area contributed by atoms with Crippen molar-refractivity contribution in [1.82, 2.24) is 14.5 Å². The van der Waals surface area contributed by atoms with E-state index in [2.05, 4.69) is 15.5 Å². The van der Waals surface area contributed by atoms with Gasteiger partial charge in [0.05, 0.1) is 24.1 Å². The SMILES string of the molecule is COCCNC(=O)c1ccccc1NC(=O)c1cccc(CN2CCN(S(C)(=O)=O)CC2)c1. The third kappa shape index (κ3) is 7.10. The predicted octanol–water partition coefficient (Wildman–Crippen LogP) is 1.39. The number of ether oxygens (including phenoxy) is 1. The third-order valence-corrected chi connectivity index (χ3v) is 6.71. The van der Waals surface area contributed by atoms with Crippen molar-refractivity contribution in [3.8, 4) is 0 Å². The van der Waals surface area contributed by atoms with Gasteiger partial charge in [-0.3, -0.25) is 14.5 Å². The molecule has 1 heterocycles. The molecule has 9 nitrogen and oxygen atoms in total. The van der Waals surface area contributed by atoms with Crippen molar-refractivity contribution in [2.75, 3.05) is 58.0 Å². The minimum atomic E-state index is -3.17. The predicted molar refractivity (Wildman–Crippen MR) is 127 cm³/mol. The minimum Gasteiger partial charge on any atom is -0.383 e. The Hall–Kier alpha value is -2.79. The number of carbonyl (C=O) groups excluding carboxylic acids is 2. The van der Waals surface area contributed by atoms with Crippen LogP contribution < -0.4 is 10.6 Å². The van der Waals surface area contributed by atoms with Crippen LogP contribution in [0.25, 0.3) is 0 Å². The highest BCUT2D eigenvalue weighted by Gasteiger charge is 2.23. The Morgan fingerprint density at radius 1 is 1.00 bits per heavy atom. The van der Waals surface area contributed by atoms with Crippen LogP contribution in [0.5, 0.6) is 0 Å². The van der Waals surface area contributed by atoms with E-state index in [0.29, 0.717) is 62.7 Å². The van der Waals surface area contributed by atoms with E-state index in [-0.39, 0.29) is 11.8 Å². The summed E-state index contributed by atoms with van der Waals surface area (Å²) in [6.07, 6.45) is 1.23. The molecular formula is C23H30N4O5S. The number of amides is 2. The fourth-order valence-corrected chi connectivity index (χ4v) is 4.46. The van der Waals surface area contributed by atoms with Gasteiger partial charge in [-0.2, -0.15) is 4.31 Å². The van der Waals surface area contributed by atoms with Crippen molar-refractivity contribution in [3.63, 3.8) is 0 Å². The van der Waals surface area contributed by atoms with Crippen LogP contribution in [0.3, 0.4) is 0 Å². The van der Waals surface area contributed by atoms with Crippen LogP contribution in [0.2, 0.25) is 0 Å². The Bertz CT molecular complexity index is 1080. The number of hydrogen-bond acceptors (Lipinski definition) is 6. The van der Waals surface area contributed by atoms with Crippen LogP contribution in [0.1, 0.15) is 26.3 Å². The molecule has 0 radical (unpaired) electrons. The standard InChI is InChI=1S/C23H30N4O5S/c1-32-15-10-24-23(29)20-8-3-4-9-21(20)25-22(28)19-7-5-6-18(16-19)17-26-11-13-27(14-12-26)33(2,30)31/h3-9,16H,10-15,17H2,1-2H3,(H,24,29)(H,25,28). The molecule has 0 unspecified atom stereocenters. The van der Waals surface area contributed by atoms with Gasteiger partial charge in [0.25, 0.3) is 11.8 Å². The maximum absolute atomic E-state index is 12.9. The summed E-state index contributed by atoms with van der Waals surface area (Å²) in [5, 5.41) is 5.59. The second-order valence-corrected chi connectivity index (χ2v) is 9.87. The smallest absolute Gasteiger partial charge is 0.255 e.